The first-order valence-corrected chi connectivity index (χ1v) is 7.92. The van der Waals surface area contributed by atoms with Gasteiger partial charge in [-0.25, -0.2) is 5.43 Å². The van der Waals surface area contributed by atoms with Crippen LogP contribution in [0.1, 0.15) is 37.3 Å². The third-order valence-electron chi connectivity index (χ3n) is 3.70. The lowest BCUT2D eigenvalue weighted by Gasteiger charge is -2.10. The Balaban J connectivity index is 1.78. The van der Waals surface area contributed by atoms with Crippen LogP contribution in [-0.2, 0) is 4.79 Å². The molecule has 0 aliphatic carbocycles. The van der Waals surface area contributed by atoms with Gasteiger partial charge in [0.1, 0.15) is 11.5 Å². The Morgan fingerprint density at radius 3 is 2.71 bits per heavy atom. The van der Waals surface area contributed by atoms with Gasteiger partial charge in [0.2, 0.25) is 0 Å². The summed E-state index contributed by atoms with van der Waals surface area (Å²) >= 11 is 0. The molecular weight excluding hydrogens is 304 g/mol. The Morgan fingerprint density at radius 1 is 1.29 bits per heavy atom. The van der Waals surface area contributed by atoms with Crippen LogP contribution in [0.15, 0.2) is 53.6 Å². The van der Waals surface area contributed by atoms with E-state index in [0.717, 1.165) is 6.42 Å². The summed E-state index contributed by atoms with van der Waals surface area (Å²) in [5, 5.41) is 13.2. The van der Waals surface area contributed by atoms with Crippen molar-refractivity contribution in [2.45, 2.75) is 26.2 Å². The summed E-state index contributed by atoms with van der Waals surface area (Å²) in [6.07, 6.45) is 2.54. The van der Waals surface area contributed by atoms with Crippen molar-refractivity contribution in [2.75, 3.05) is 6.61 Å². The predicted molar refractivity (Wildman–Crippen MR) is 94.5 cm³/mol. The van der Waals surface area contributed by atoms with Crippen molar-refractivity contribution in [1.29, 1.82) is 0 Å². The van der Waals surface area contributed by atoms with Crippen LogP contribution in [-0.4, -0.2) is 23.8 Å². The fourth-order valence-corrected chi connectivity index (χ4v) is 2.09. The molecular formula is C19H22N2O3. The molecule has 2 N–H and O–H groups in total. The van der Waals surface area contributed by atoms with Crippen LogP contribution in [0.3, 0.4) is 0 Å². The van der Waals surface area contributed by atoms with E-state index in [1.807, 2.05) is 24.3 Å². The van der Waals surface area contributed by atoms with Crippen molar-refractivity contribution < 1.29 is 14.6 Å². The average molecular weight is 326 g/mol. The predicted octanol–water partition coefficient (Wildman–Crippen LogP) is 3.43. The maximum atomic E-state index is 11.7. The van der Waals surface area contributed by atoms with Gasteiger partial charge < -0.3 is 9.84 Å². The highest BCUT2D eigenvalue weighted by Gasteiger charge is 2.04. The first kappa shape index (κ1) is 17.5. The second-order valence-corrected chi connectivity index (χ2v) is 5.56. The fourth-order valence-electron chi connectivity index (χ4n) is 2.09. The molecule has 24 heavy (non-hydrogen) atoms. The van der Waals surface area contributed by atoms with Gasteiger partial charge in [0.05, 0.1) is 6.21 Å². The van der Waals surface area contributed by atoms with Gasteiger partial charge in [-0.2, -0.15) is 5.10 Å². The number of ether oxygens (including phenoxy) is 1. The van der Waals surface area contributed by atoms with E-state index >= 15 is 0 Å². The summed E-state index contributed by atoms with van der Waals surface area (Å²) < 4.78 is 5.43. The molecule has 1 amide bonds. The molecule has 0 saturated heterocycles. The zero-order valence-corrected chi connectivity index (χ0v) is 13.9. The number of nitrogens with zero attached hydrogens (tertiary/aromatic N) is 1. The van der Waals surface area contributed by atoms with Gasteiger partial charge in [-0.05, 0) is 47.7 Å². The molecule has 0 saturated carbocycles. The van der Waals surface area contributed by atoms with Gasteiger partial charge in [0, 0.05) is 0 Å². The van der Waals surface area contributed by atoms with Crippen LogP contribution < -0.4 is 10.2 Å². The zero-order valence-electron chi connectivity index (χ0n) is 13.9. The van der Waals surface area contributed by atoms with Crippen molar-refractivity contribution >= 4 is 12.1 Å². The average Bonchev–Trinajstić information content (AvgIpc) is 2.60. The molecule has 1 unspecified atom stereocenters. The minimum Gasteiger partial charge on any atom is -0.508 e. The van der Waals surface area contributed by atoms with Gasteiger partial charge in [0.25, 0.3) is 5.91 Å². The first-order valence-electron chi connectivity index (χ1n) is 7.92. The largest absolute Gasteiger partial charge is 0.508 e. The Bertz CT molecular complexity index is 696. The van der Waals surface area contributed by atoms with Crippen molar-refractivity contribution in [3.05, 3.63) is 59.7 Å². The molecule has 5 heteroatoms. The van der Waals surface area contributed by atoms with E-state index < -0.39 is 0 Å². The van der Waals surface area contributed by atoms with E-state index in [2.05, 4.69) is 24.4 Å². The number of aromatic hydroxyl groups is 1. The third-order valence-corrected chi connectivity index (χ3v) is 3.70. The number of hydrogen-bond acceptors (Lipinski definition) is 4. The fraction of sp³-hybridized carbons (Fsp3) is 0.263. The Hall–Kier alpha value is -2.82. The Kier molecular flexibility index (Phi) is 6.37. The van der Waals surface area contributed by atoms with Gasteiger partial charge in [-0.3, -0.25) is 4.79 Å². The number of benzene rings is 2. The number of hydrazone groups is 1. The lowest BCUT2D eigenvalue weighted by Crippen LogP contribution is -2.24. The number of carbonyl (C=O) groups excluding carboxylic acids is 1. The summed E-state index contributed by atoms with van der Waals surface area (Å²) in [5.74, 6) is 0.954. The maximum absolute atomic E-state index is 11.7. The van der Waals surface area contributed by atoms with Crippen molar-refractivity contribution in [3.8, 4) is 11.5 Å². The van der Waals surface area contributed by atoms with Gasteiger partial charge in [-0.15, -0.1) is 0 Å². The van der Waals surface area contributed by atoms with Gasteiger partial charge >= 0.3 is 0 Å². The molecule has 5 nitrogen and oxygen atoms in total. The standard InChI is InChI=1S/C19H22N2O3/c1-3-14(2)16-7-9-18(10-8-16)24-13-19(23)21-20-12-15-5-4-6-17(22)11-15/h4-12,14,22H,3,13H2,1-2H3,(H,21,23). The van der Waals surface area contributed by atoms with Crippen LogP contribution in [0.2, 0.25) is 0 Å². The van der Waals surface area contributed by atoms with E-state index in [4.69, 9.17) is 4.74 Å². The van der Waals surface area contributed by atoms with Crippen LogP contribution >= 0.6 is 0 Å². The van der Waals surface area contributed by atoms with E-state index in [9.17, 15) is 9.90 Å². The summed E-state index contributed by atoms with van der Waals surface area (Å²) in [6, 6.07) is 14.3. The molecule has 0 aliphatic rings. The molecule has 0 bridgehead atoms. The molecule has 0 heterocycles. The quantitative estimate of drug-likeness (QED) is 0.605. The molecule has 0 aliphatic heterocycles. The maximum Gasteiger partial charge on any atom is 0.277 e. The van der Waals surface area contributed by atoms with Crippen molar-refractivity contribution in [3.63, 3.8) is 0 Å². The van der Waals surface area contributed by atoms with Gasteiger partial charge in [-0.1, -0.05) is 38.1 Å². The second-order valence-electron chi connectivity index (χ2n) is 5.56. The van der Waals surface area contributed by atoms with Crippen LogP contribution in [0, 0.1) is 0 Å². The number of carbonyl (C=O) groups is 1. The molecule has 0 aromatic heterocycles. The van der Waals surface area contributed by atoms with E-state index in [-0.39, 0.29) is 18.3 Å². The third kappa shape index (κ3) is 5.43. The second kappa shape index (κ2) is 8.72. The summed E-state index contributed by atoms with van der Waals surface area (Å²) in [7, 11) is 0. The molecule has 2 rings (SSSR count). The Labute approximate surface area is 142 Å². The minimum atomic E-state index is -0.350. The van der Waals surface area contributed by atoms with E-state index in [1.165, 1.54) is 11.8 Å². The number of nitrogens with one attached hydrogen (secondary N) is 1. The summed E-state index contributed by atoms with van der Waals surface area (Å²) in [5.41, 5.74) is 4.33. The molecule has 0 spiro atoms. The number of hydrogen-bond donors (Lipinski definition) is 2. The molecule has 1 atom stereocenters. The van der Waals surface area contributed by atoms with Gasteiger partial charge in [0.15, 0.2) is 6.61 Å². The highest BCUT2D eigenvalue weighted by Crippen LogP contribution is 2.21. The lowest BCUT2D eigenvalue weighted by atomic mass is 9.99. The van der Waals surface area contributed by atoms with E-state index in [1.54, 1.807) is 24.3 Å². The topological polar surface area (TPSA) is 70.9 Å². The Morgan fingerprint density at radius 2 is 2.04 bits per heavy atom. The highest BCUT2D eigenvalue weighted by molar-refractivity contribution is 5.83. The minimum absolute atomic E-state index is 0.111. The number of phenols is 1. The zero-order chi connectivity index (χ0) is 17.4. The van der Waals surface area contributed by atoms with Crippen LogP contribution in [0.25, 0.3) is 0 Å². The van der Waals surface area contributed by atoms with Crippen molar-refractivity contribution in [2.24, 2.45) is 5.10 Å². The number of phenolic OH excluding ortho intramolecular Hbond substituents is 1. The number of rotatable bonds is 7. The monoisotopic (exact) mass is 326 g/mol. The molecule has 0 fully saturated rings. The molecule has 2 aromatic rings. The van der Waals surface area contributed by atoms with Crippen LogP contribution in [0.5, 0.6) is 11.5 Å². The molecule has 126 valence electrons. The first-order chi connectivity index (χ1) is 11.6. The normalized spacial score (nSPS) is 12.1. The highest BCUT2D eigenvalue weighted by atomic mass is 16.5. The SMILES string of the molecule is CCC(C)c1ccc(OCC(=O)NN=Cc2cccc(O)c2)cc1. The molecule has 2 aromatic carbocycles. The van der Waals surface area contributed by atoms with Crippen molar-refractivity contribution in [1.82, 2.24) is 5.43 Å². The van der Waals surface area contributed by atoms with E-state index in [0.29, 0.717) is 17.2 Å². The number of amides is 1. The molecule has 0 radical (unpaired) electrons. The summed E-state index contributed by atoms with van der Waals surface area (Å²) in [6.45, 7) is 4.21. The van der Waals surface area contributed by atoms with Crippen LogP contribution in [0.4, 0.5) is 0 Å². The smallest absolute Gasteiger partial charge is 0.277 e. The lowest BCUT2D eigenvalue weighted by molar-refractivity contribution is -0.123. The summed E-state index contributed by atoms with van der Waals surface area (Å²) in [4.78, 5) is 11.7.